The molecule has 0 bridgehead atoms. The summed E-state index contributed by atoms with van der Waals surface area (Å²) >= 11 is 0. The molecule has 0 aliphatic rings. The van der Waals surface area contributed by atoms with Crippen molar-refractivity contribution in [1.29, 1.82) is 0 Å². The summed E-state index contributed by atoms with van der Waals surface area (Å²) in [6, 6.07) is 29.4. The molecule has 0 atom stereocenters. The quantitative estimate of drug-likeness (QED) is 0.235. The molecule has 0 aliphatic heterocycles. The number of carbonyl (C=O) groups is 1. The number of hydroxylamine groups is 1. The SMILES string of the molecule is COc1ccc(S(=O)(=O)NN(O)C(=O)c2cccc(OCc3ccccc3)c2)c(Cc2ccccc2)c1. The molecule has 0 unspecified atom stereocenters. The smallest absolute Gasteiger partial charge is 0.293 e. The number of hydrazine groups is 1. The highest BCUT2D eigenvalue weighted by Gasteiger charge is 2.25. The third-order valence-corrected chi connectivity index (χ3v) is 6.91. The number of hydrogen-bond acceptors (Lipinski definition) is 6. The van der Waals surface area contributed by atoms with Crippen molar-refractivity contribution in [3.8, 4) is 11.5 Å². The minimum atomic E-state index is -4.33. The number of sulfonamides is 1. The van der Waals surface area contributed by atoms with E-state index in [9.17, 15) is 18.4 Å². The van der Waals surface area contributed by atoms with Gasteiger partial charge < -0.3 is 9.47 Å². The van der Waals surface area contributed by atoms with E-state index in [1.54, 1.807) is 18.2 Å². The van der Waals surface area contributed by atoms with Gasteiger partial charge in [0.2, 0.25) is 0 Å². The van der Waals surface area contributed by atoms with Gasteiger partial charge in [-0.15, -0.1) is 5.17 Å². The van der Waals surface area contributed by atoms with Crippen molar-refractivity contribution in [2.24, 2.45) is 0 Å². The largest absolute Gasteiger partial charge is 0.497 e. The molecule has 4 rings (SSSR count). The van der Waals surface area contributed by atoms with Crippen molar-refractivity contribution in [3.63, 3.8) is 0 Å². The van der Waals surface area contributed by atoms with Crippen LogP contribution in [0, 0.1) is 0 Å². The molecule has 0 saturated carbocycles. The highest BCUT2D eigenvalue weighted by Crippen LogP contribution is 2.25. The van der Waals surface area contributed by atoms with Gasteiger partial charge in [0.15, 0.2) is 0 Å². The molecular formula is C28H26N2O6S. The van der Waals surface area contributed by atoms with Crippen LogP contribution in [0.15, 0.2) is 108 Å². The standard InChI is InChI=1S/C28H26N2O6S/c1-35-25-15-16-27(24(19-25)17-21-9-4-2-5-10-21)37(33,34)29-30(32)28(31)23-13-8-14-26(18-23)36-20-22-11-6-3-7-12-22/h2-16,18-19,29,32H,17,20H2,1H3. The van der Waals surface area contributed by atoms with Crippen LogP contribution in [0.5, 0.6) is 11.5 Å². The fourth-order valence-electron chi connectivity index (χ4n) is 3.69. The number of hydrogen-bond donors (Lipinski definition) is 2. The zero-order valence-corrected chi connectivity index (χ0v) is 20.9. The van der Waals surface area contributed by atoms with Crippen molar-refractivity contribution in [2.75, 3.05) is 7.11 Å². The number of carbonyl (C=O) groups excluding carboxylic acids is 1. The summed E-state index contributed by atoms with van der Waals surface area (Å²) in [4.78, 5) is 14.7. The van der Waals surface area contributed by atoms with Crippen LogP contribution in [0.1, 0.15) is 27.0 Å². The average molecular weight is 519 g/mol. The van der Waals surface area contributed by atoms with Crippen LogP contribution in [0.4, 0.5) is 0 Å². The first kappa shape index (κ1) is 25.9. The molecular weight excluding hydrogens is 492 g/mol. The lowest BCUT2D eigenvalue weighted by atomic mass is 10.0. The second-order valence-electron chi connectivity index (χ2n) is 8.15. The van der Waals surface area contributed by atoms with Gasteiger partial charge in [0.05, 0.1) is 12.0 Å². The summed E-state index contributed by atoms with van der Waals surface area (Å²) in [6.45, 7) is 0.287. The van der Waals surface area contributed by atoms with E-state index < -0.39 is 15.9 Å². The molecule has 0 aliphatic carbocycles. The van der Waals surface area contributed by atoms with E-state index in [-0.39, 0.29) is 22.2 Å². The van der Waals surface area contributed by atoms with Gasteiger partial charge in [-0.2, -0.15) is 0 Å². The van der Waals surface area contributed by atoms with Crippen molar-refractivity contribution >= 4 is 15.9 Å². The van der Waals surface area contributed by atoms with Crippen molar-refractivity contribution in [2.45, 2.75) is 17.9 Å². The molecule has 2 N–H and O–H groups in total. The minimum Gasteiger partial charge on any atom is -0.497 e. The zero-order valence-electron chi connectivity index (χ0n) is 20.1. The van der Waals surface area contributed by atoms with Gasteiger partial charge in [0.1, 0.15) is 18.1 Å². The molecule has 9 heteroatoms. The maximum Gasteiger partial charge on any atom is 0.293 e. The van der Waals surface area contributed by atoms with Gasteiger partial charge in [-0.25, -0.2) is 8.42 Å². The molecule has 1 amide bonds. The lowest BCUT2D eigenvalue weighted by Crippen LogP contribution is -2.44. The van der Waals surface area contributed by atoms with Crippen molar-refractivity contribution < 1.29 is 27.9 Å². The van der Waals surface area contributed by atoms with E-state index in [0.29, 0.717) is 23.5 Å². The average Bonchev–Trinajstić information content (AvgIpc) is 2.92. The van der Waals surface area contributed by atoms with E-state index in [4.69, 9.17) is 9.47 Å². The molecule has 0 saturated heterocycles. The molecule has 37 heavy (non-hydrogen) atoms. The van der Waals surface area contributed by atoms with Crippen LogP contribution in [-0.2, 0) is 23.1 Å². The van der Waals surface area contributed by atoms with Gasteiger partial charge in [0.25, 0.3) is 15.9 Å². The first-order chi connectivity index (χ1) is 17.9. The number of ether oxygens (including phenoxy) is 2. The lowest BCUT2D eigenvalue weighted by molar-refractivity contribution is -0.0761. The Balaban J connectivity index is 1.51. The van der Waals surface area contributed by atoms with Crippen molar-refractivity contribution in [1.82, 2.24) is 10.0 Å². The molecule has 8 nitrogen and oxygen atoms in total. The summed E-state index contributed by atoms with van der Waals surface area (Å²) in [7, 11) is -2.84. The van der Waals surface area contributed by atoms with E-state index in [1.807, 2.05) is 65.5 Å². The van der Waals surface area contributed by atoms with E-state index in [1.165, 1.54) is 31.4 Å². The Hall–Kier alpha value is -4.18. The van der Waals surface area contributed by atoms with Gasteiger partial charge in [-0.05, 0) is 59.5 Å². The molecule has 4 aromatic rings. The van der Waals surface area contributed by atoms with E-state index in [0.717, 1.165) is 11.1 Å². The maximum absolute atomic E-state index is 13.2. The third-order valence-electron chi connectivity index (χ3n) is 5.52. The molecule has 0 heterocycles. The van der Waals surface area contributed by atoms with Crippen LogP contribution < -0.4 is 14.3 Å². The molecule has 0 spiro atoms. The fraction of sp³-hybridized carbons (Fsp3) is 0.107. The zero-order chi connectivity index (χ0) is 26.3. The second kappa shape index (κ2) is 11.7. The highest BCUT2D eigenvalue weighted by atomic mass is 32.2. The normalized spacial score (nSPS) is 11.1. The number of benzene rings is 4. The molecule has 0 radical (unpaired) electrons. The topological polar surface area (TPSA) is 105 Å². The lowest BCUT2D eigenvalue weighted by Gasteiger charge is -2.18. The minimum absolute atomic E-state index is 0.0370. The first-order valence-corrected chi connectivity index (χ1v) is 12.9. The first-order valence-electron chi connectivity index (χ1n) is 11.4. The Morgan fingerprint density at radius 1 is 0.838 bits per heavy atom. The Morgan fingerprint density at radius 2 is 1.51 bits per heavy atom. The van der Waals surface area contributed by atoms with Gasteiger partial charge in [0, 0.05) is 5.56 Å². The number of amides is 1. The molecule has 0 aromatic heterocycles. The molecule has 0 fully saturated rings. The monoisotopic (exact) mass is 518 g/mol. The van der Waals surface area contributed by atoms with Crippen molar-refractivity contribution in [3.05, 3.63) is 125 Å². The van der Waals surface area contributed by atoms with Gasteiger partial charge >= 0.3 is 0 Å². The van der Waals surface area contributed by atoms with Crippen LogP contribution in [-0.4, -0.2) is 31.8 Å². The van der Waals surface area contributed by atoms with E-state index in [2.05, 4.69) is 0 Å². The van der Waals surface area contributed by atoms with E-state index >= 15 is 0 Å². The summed E-state index contributed by atoms with van der Waals surface area (Å²) < 4.78 is 37.3. The summed E-state index contributed by atoms with van der Waals surface area (Å²) in [5.74, 6) is -0.0905. The molecule has 190 valence electrons. The Labute approximate surface area is 215 Å². The summed E-state index contributed by atoms with van der Waals surface area (Å²) in [6.07, 6.45) is 0.300. The fourth-order valence-corrected chi connectivity index (χ4v) is 4.82. The Bertz CT molecular complexity index is 1460. The third kappa shape index (κ3) is 6.73. The van der Waals surface area contributed by atoms with Crippen LogP contribution in [0.2, 0.25) is 0 Å². The van der Waals surface area contributed by atoms with Crippen LogP contribution in [0.3, 0.4) is 0 Å². The number of methoxy groups -OCH3 is 1. The number of nitrogens with one attached hydrogen (secondary N) is 1. The van der Waals surface area contributed by atoms with Crippen LogP contribution >= 0.6 is 0 Å². The number of nitrogens with zero attached hydrogens (tertiary/aromatic N) is 1. The maximum atomic E-state index is 13.2. The predicted octanol–water partition coefficient (Wildman–Crippen LogP) is 4.59. The molecule has 4 aromatic carbocycles. The van der Waals surface area contributed by atoms with Crippen LogP contribution in [0.25, 0.3) is 0 Å². The van der Waals surface area contributed by atoms with Gasteiger partial charge in [-0.1, -0.05) is 71.6 Å². The Morgan fingerprint density at radius 3 is 2.19 bits per heavy atom. The predicted molar refractivity (Wildman–Crippen MR) is 138 cm³/mol. The summed E-state index contributed by atoms with van der Waals surface area (Å²) in [5.41, 5.74) is 2.31. The second-order valence-corrected chi connectivity index (χ2v) is 9.78. The number of rotatable bonds is 10. The van der Waals surface area contributed by atoms with Gasteiger partial charge in [-0.3, -0.25) is 10.0 Å². The highest BCUT2D eigenvalue weighted by molar-refractivity contribution is 7.89. The Kier molecular flexibility index (Phi) is 8.19. The summed E-state index contributed by atoms with van der Waals surface area (Å²) in [5, 5.41) is 10.3.